The van der Waals surface area contributed by atoms with Gasteiger partial charge in [-0.1, -0.05) is 107 Å². The molecule has 8 heteroatoms. The molecule has 0 aromatic heterocycles. The van der Waals surface area contributed by atoms with Gasteiger partial charge >= 0.3 is 37.7 Å². The van der Waals surface area contributed by atoms with Crippen LogP contribution in [0.3, 0.4) is 0 Å². The quantitative estimate of drug-likeness (QED) is 0.365. The summed E-state index contributed by atoms with van der Waals surface area (Å²) >= 11 is 0. The van der Waals surface area contributed by atoms with E-state index in [0.717, 1.165) is 35.3 Å². The van der Waals surface area contributed by atoms with Crippen LogP contribution in [0.5, 0.6) is 11.5 Å². The fourth-order valence-corrected chi connectivity index (χ4v) is 4.83. The molecule has 2 aromatic rings. The number of hydrogen-bond donors (Lipinski definition) is 0. The summed E-state index contributed by atoms with van der Waals surface area (Å²) in [5.41, 5.74) is 5.84. The van der Waals surface area contributed by atoms with Crippen molar-refractivity contribution in [3.05, 3.63) is 57.6 Å². The fraction of sp³-hybridized carbons (Fsp3) is 0.684. The third kappa shape index (κ3) is 15.1. The summed E-state index contributed by atoms with van der Waals surface area (Å²) in [5, 5.41) is 25.7. The Hall–Kier alpha value is -0.925. The van der Waals surface area contributed by atoms with Crippen LogP contribution >= 0.6 is 0 Å². The number of rotatable bonds is 10. The predicted octanol–water partition coefficient (Wildman–Crippen LogP) is 0.875. The van der Waals surface area contributed by atoms with Crippen molar-refractivity contribution in [1.82, 2.24) is 9.80 Å². The minimum atomic E-state index is -0.141. The second-order valence-electron chi connectivity index (χ2n) is 16.5. The molecule has 0 unspecified atom stereocenters. The number of nitrogens with zero attached hydrogens (tertiary/aromatic N) is 2. The van der Waals surface area contributed by atoms with Crippen LogP contribution in [0, 0.1) is 0 Å². The molecule has 46 heavy (non-hydrogen) atoms. The van der Waals surface area contributed by atoms with E-state index < -0.39 is 0 Å². The smallest absolute Gasteiger partial charge is 0.872 e. The maximum Gasteiger partial charge on any atom is 1.00 e. The normalized spacial score (nSPS) is 12.4. The predicted molar refractivity (Wildman–Crippen MR) is 183 cm³/mol. The van der Waals surface area contributed by atoms with Gasteiger partial charge in [0.2, 0.25) is 0 Å². The van der Waals surface area contributed by atoms with E-state index in [1.165, 1.54) is 11.1 Å². The first-order chi connectivity index (χ1) is 19.9. The Labute approximate surface area is 307 Å². The topological polar surface area (TPSA) is 71.1 Å². The minimum Gasteiger partial charge on any atom is -0.872 e. The van der Waals surface area contributed by atoms with Crippen LogP contribution in [0.2, 0.25) is 0 Å². The number of hydrogen-bond acceptors (Lipinski definition) is 6. The number of methoxy groups -OCH3 is 2. The molecule has 0 aliphatic carbocycles. The fourth-order valence-electron chi connectivity index (χ4n) is 4.83. The zero-order valence-electron chi connectivity index (χ0n) is 33.1. The third-order valence-corrected chi connectivity index (χ3v) is 7.91. The van der Waals surface area contributed by atoms with Crippen LogP contribution in [-0.4, -0.2) is 64.4 Å². The van der Waals surface area contributed by atoms with Crippen molar-refractivity contribution in [2.45, 2.75) is 118 Å². The van der Waals surface area contributed by atoms with Gasteiger partial charge in [-0.3, -0.25) is 9.80 Å². The van der Waals surface area contributed by atoms with Crippen molar-refractivity contribution >= 4 is 0 Å². The zero-order valence-corrected chi connectivity index (χ0v) is 33.1. The van der Waals surface area contributed by atoms with E-state index >= 15 is 0 Å². The maximum atomic E-state index is 12.8. The molecular formula is C38H64Li2N2O4. The molecule has 0 fully saturated rings. The molecule has 0 N–H and O–H groups in total. The van der Waals surface area contributed by atoms with Crippen LogP contribution < -0.4 is 47.9 Å². The average molecular weight is 627 g/mol. The summed E-state index contributed by atoms with van der Waals surface area (Å²) in [7, 11) is 7.45. The Morgan fingerprint density at radius 3 is 1.02 bits per heavy atom. The Kier molecular flexibility index (Phi) is 19.8. The Morgan fingerprint density at radius 1 is 0.522 bits per heavy atom. The van der Waals surface area contributed by atoms with Crippen LogP contribution in [0.4, 0.5) is 0 Å². The van der Waals surface area contributed by atoms with Crippen molar-refractivity contribution in [3.8, 4) is 11.5 Å². The monoisotopic (exact) mass is 627 g/mol. The van der Waals surface area contributed by atoms with Crippen LogP contribution in [-0.2, 0) is 44.2 Å². The van der Waals surface area contributed by atoms with Crippen molar-refractivity contribution in [3.63, 3.8) is 0 Å². The molecule has 0 saturated heterocycles. The molecule has 0 bridgehead atoms. The van der Waals surface area contributed by atoms with Crippen LogP contribution in [0.1, 0.15) is 116 Å². The maximum absolute atomic E-state index is 12.8. The van der Waals surface area contributed by atoms with Gasteiger partial charge in [0, 0.05) is 40.4 Å². The van der Waals surface area contributed by atoms with Gasteiger partial charge in [-0.05, 0) is 69.1 Å². The summed E-state index contributed by atoms with van der Waals surface area (Å²) in [6.45, 7) is 30.1. The van der Waals surface area contributed by atoms with E-state index in [4.69, 9.17) is 9.47 Å². The summed E-state index contributed by atoms with van der Waals surface area (Å²) in [6, 6.07) is 8.36. The minimum absolute atomic E-state index is 0. The SMILES string of the molecule is COCCN(C)Cc1cc(C(C)(C)C)cc(C(C)(C)C)c1[O-].COCCN(C)Cc1cc(C(C)(C)C)cc(C(C)(C)C)c1[O-].[Li+].[Li+]. The van der Waals surface area contributed by atoms with Crippen LogP contribution in [0.25, 0.3) is 0 Å². The number of ether oxygens (including phenoxy) is 2. The summed E-state index contributed by atoms with van der Waals surface area (Å²) in [5.74, 6) is 0.370. The van der Waals surface area contributed by atoms with E-state index in [9.17, 15) is 10.2 Å². The molecule has 0 aliphatic rings. The van der Waals surface area contributed by atoms with Gasteiger partial charge in [-0.15, -0.1) is 11.5 Å². The van der Waals surface area contributed by atoms with Gasteiger partial charge in [-0.2, -0.15) is 0 Å². The summed E-state index contributed by atoms with van der Waals surface area (Å²) in [6.07, 6.45) is 0. The summed E-state index contributed by atoms with van der Waals surface area (Å²) in [4.78, 5) is 4.28. The molecule has 0 spiro atoms. The van der Waals surface area contributed by atoms with E-state index in [0.29, 0.717) is 26.3 Å². The van der Waals surface area contributed by atoms with E-state index in [2.05, 4.69) is 117 Å². The molecular weight excluding hydrogens is 562 g/mol. The molecule has 0 aliphatic heterocycles. The van der Waals surface area contributed by atoms with E-state index in [1.807, 2.05) is 14.1 Å². The number of benzene rings is 2. The van der Waals surface area contributed by atoms with Gasteiger partial charge in [0.05, 0.1) is 13.2 Å². The summed E-state index contributed by atoms with van der Waals surface area (Å²) < 4.78 is 10.2. The van der Waals surface area contributed by atoms with Crippen LogP contribution in [0.15, 0.2) is 24.3 Å². The molecule has 2 rings (SSSR count). The number of likely N-dealkylation sites (N-methyl/N-ethyl adjacent to an activating group) is 2. The van der Waals surface area contributed by atoms with Gasteiger partial charge in [-0.25, -0.2) is 0 Å². The molecule has 0 atom stereocenters. The second kappa shape index (κ2) is 19.3. The van der Waals surface area contributed by atoms with Gasteiger partial charge in [0.15, 0.2) is 0 Å². The van der Waals surface area contributed by atoms with Crippen molar-refractivity contribution < 1.29 is 57.4 Å². The molecule has 252 valence electrons. The molecule has 6 nitrogen and oxygen atoms in total. The second-order valence-corrected chi connectivity index (χ2v) is 16.5. The molecule has 0 radical (unpaired) electrons. The van der Waals surface area contributed by atoms with Crippen molar-refractivity contribution in [2.75, 3.05) is 54.6 Å². The van der Waals surface area contributed by atoms with Crippen molar-refractivity contribution in [1.29, 1.82) is 0 Å². The molecule has 0 heterocycles. The first-order valence-electron chi connectivity index (χ1n) is 16.0. The standard InChI is InChI=1S/2C19H33NO2.2Li/c2*1-18(2,3)15-11-14(13-20(7)9-10-22-8)17(21)16(12-15)19(4,5)6;;/h2*11-12,21H,9-10,13H2,1-8H3;;/q;;2*+1/p-2. The van der Waals surface area contributed by atoms with Gasteiger partial charge in [0.1, 0.15) is 0 Å². The Balaban J connectivity index is 0. The van der Waals surface area contributed by atoms with Gasteiger partial charge < -0.3 is 19.7 Å². The first-order valence-corrected chi connectivity index (χ1v) is 16.0. The van der Waals surface area contributed by atoms with Crippen molar-refractivity contribution in [2.24, 2.45) is 0 Å². The first kappa shape index (κ1) is 47.2. The largest absolute Gasteiger partial charge is 1.00 e. The Bertz CT molecular complexity index is 1100. The molecule has 0 amide bonds. The molecule has 2 aromatic carbocycles. The van der Waals surface area contributed by atoms with Gasteiger partial charge in [0.25, 0.3) is 0 Å². The molecule has 0 saturated carbocycles. The van der Waals surface area contributed by atoms with E-state index in [-0.39, 0.29) is 70.9 Å². The van der Waals surface area contributed by atoms with E-state index in [1.54, 1.807) is 14.2 Å². The third-order valence-electron chi connectivity index (χ3n) is 7.91. The average Bonchev–Trinajstić information content (AvgIpc) is 2.86. The zero-order chi connectivity index (χ0) is 34.3. The Morgan fingerprint density at radius 2 is 0.804 bits per heavy atom.